The first-order valence-corrected chi connectivity index (χ1v) is 10.3. The van der Waals surface area contributed by atoms with Gasteiger partial charge in [-0.3, -0.25) is 0 Å². The van der Waals surface area contributed by atoms with Crippen LogP contribution < -0.4 is 4.74 Å². The Morgan fingerprint density at radius 1 is 1.14 bits per heavy atom. The van der Waals surface area contributed by atoms with Crippen molar-refractivity contribution in [2.45, 2.75) is 60.3 Å². The van der Waals surface area contributed by atoms with Crippen LogP contribution in [-0.2, 0) is 9.53 Å². The monoisotopic (exact) mass is 402 g/mol. The average molecular weight is 403 g/mol. The van der Waals surface area contributed by atoms with Crippen molar-refractivity contribution in [3.05, 3.63) is 58.7 Å². The largest absolute Gasteiger partial charge is 0.490 e. The fraction of sp³-hybridized carbons (Fsp3) is 0.480. The highest BCUT2D eigenvalue weighted by Gasteiger charge is 2.17. The van der Waals surface area contributed by atoms with Gasteiger partial charge in [0, 0.05) is 11.6 Å². The van der Waals surface area contributed by atoms with Gasteiger partial charge in [-0.15, -0.1) is 0 Å². The molecule has 3 nitrogen and oxygen atoms in total. The van der Waals surface area contributed by atoms with Crippen LogP contribution in [0.3, 0.4) is 0 Å². The lowest BCUT2D eigenvalue weighted by atomic mass is 9.89. The molecular weight excluding hydrogens is 367 g/mol. The summed E-state index contributed by atoms with van der Waals surface area (Å²) in [5.41, 5.74) is 5.12. The van der Waals surface area contributed by atoms with Gasteiger partial charge in [-0.1, -0.05) is 52.0 Å². The van der Waals surface area contributed by atoms with Gasteiger partial charge in [0.05, 0.1) is 6.61 Å². The summed E-state index contributed by atoms with van der Waals surface area (Å²) in [5, 5.41) is 0. The van der Waals surface area contributed by atoms with E-state index in [0.29, 0.717) is 12.5 Å². The molecule has 0 saturated heterocycles. The zero-order valence-corrected chi connectivity index (χ0v) is 18.8. The van der Waals surface area contributed by atoms with Crippen LogP contribution in [0.4, 0.5) is 4.39 Å². The molecule has 0 radical (unpaired) electrons. The highest BCUT2D eigenvalue weighted by atomic mass is 19.1. The minimum absolute atomic E-state index is 0.0399. The predicted molar refractivity (Wildman–Crippen MR) is 119 cm³/mol. The number of hydrogen-bond donors (Lipinski definition) is 0. The molecule has 0 aliphatic carbocycles. The molecule has 1 rings (SSSR count). The zero-order valence-electron chi connectivity index (χ0n) is 18.8. The number of allylic oxidation sites excluding steroid dienone is 5. The summed E-state index contributed by atoms with van der Waals surface area (Å²) in [6.07, 6.45) is 7.21. The third-order valence-corrected chi connectivity index (χ3v) is 4.51. The van der Waals surface area contributed by atoms with Crippen molar-refractivity contribution in [1.29, 1.82) is 0 Å². The zero-order chi connectivity index (χ0) is 22.0. The lowest BCUT2D eigenvalue weighted by Gasteiger charge is -2.21. The Kier molecular flexibility index (Phi) is 10.4. The van der Waals surface area contributed by atoms with E-state index in [4.69, 9.17) is 9.47 Å². The molecule has 0 aromatic heterocycles. The van der Waals surface area contributed by atoms with E-state index in [1.165, 1.54) is 11.6 Å². The Morgan fingerprint density at radius 3 is 2.38 bits per heavy atom. The Hall–Kier alpha value is -2.36. The van der Waals surface area contributed by atoms with Gasteiger partial charge in [0.1, 0.15) is 19.0 Å². The van der Waals surface area contributed by atoms with Crippen molar-refractivity contribution in [3.63, 3.8) is 0 Å². The first kappa shape index (κ1) is 24.7. The van der Waals surface area contributed by atoms with Gasteiger partial charge >= 0.3 is 5.97 Å². The van der Waals surface area contributed by atoms with E-state index in [2.05, 4.69) is 39.8 Å². The quantitative estimate of drug-likeness (QED) is 0.247. The number of esters is 1. The second-order valence-electron chi connectivity index (χ2n) is 7.68. The molecule has 0 amide bonds. The highest BCUT2D eigenvalue weighted by molar-refractivity contribution is 5.83. The lowest BCUT2D eigenvalue weighted by Crippen LogP contribution is -2.07. The van der Waals surface area contributed by atoms with Gasteiger partial charge in [-0.05, 0) is 60.9 Å². The molecule has 0 heterocycles. The van der Waals surface area contributed by atoms with E-state index in [-0.39, 0.29) is 18.5 Å². The molecule has 0 aliphatic rings. The fourth-order valence-corrected chi connectivity index (χ4v) is 2.88. The minimum atomic E-state index is -0.524. The smallest absolute Gasteiger partial charge is 0.330 e. The maximum Gasteiger partial charge on any atom is 0.330 e. The third kappa shape index (κ3) is 7.88. The number of carbonyl (C=O) groups is 1. The fourth-order valence-electron chi connectivity index (χ4n) is 2.88. The molecule has 160 valence electrons. The highest BCUT2D eigenvalue weighted by Crippen LogP contribution is 2.37. The van der Waals surface area contributed by atoms with E-state index in [9.17, 15) is 9.18 Å². The minimum Gasteiger partial charge on any atom is -0.490 e. The molecule has 0 aliphatic heterocycles. The summed E-state index contributed by atoms with van der Waals surface area (Å²) in [4.78, 5) is 11.5. The van der Waals surface area contributed by atoms with Crippen molar-refractivity contribution in [2.24, 2.45) is 0 Å². The number of rotatable bonds is 10. The van der Waals surface area contributed by atoms with E-state index in [1.807, 2.05) is 32.1 Å². The van der Waals surface area contributed by atoms with Crippen molar-refractivity contribution >= 4 is 11.5 Å². The number of carbonyl (C=O) groups excluding carboxylic acids is 1. The molecule has 0 unspecified atom stereocenters. The van der Waals surface area contributed by atoms with E-state index in [1.54, 1.807) is 6.92 Å². The maximum atomic E-state index is 12.8. The van der Waals surface area contributed by atoms with Crippen LogP contribution in [0, 0.1) is 0 Å². The molecular formula is C25H35FO3. The molecule has 0 bridgehead atoms. The van der Waals surface area contributed by atoms with Crippen LogP contribution in [0.1, 0.15) is 77.0 Å². The molecule has 0 atom stereocenters. The molecule has 4 heteroatoms. The summed E-state index contributed by atoms with van der Waals surface area (Å²) in [7, 11) is 0. The number of halogens is 1. The number of ether oxygens (including phenoxy) is 2. The first-order chi connectivity index (χ1) is 13.7. The summed E-state index contributed by atoms with van der Waals surface area (Å²) in [6.45, 7) is 14.1. The second kappa shape index (κ2) is 12.3. The maximum absolute atomic E-state index is 12.8. The van der Waals surface area contributed by atoms with Gasteiger partial charge in [0.2, 0.25) is 0 Å². The molecule has 1 aromatic rings. The number of benzene rings is 1. The summed E-state index contributed by atoms with van der Waals surface area (Å²) >= 11 is 0. The Balaban J connectivity index is 3.32. The molecule has 29 heavy (non-hydrogen) atoms. The van der Waals surface area contributed by atoms with Crippen LogP contribution in [0.15, 0.2) is 42.0 Å². The van der Waals surface area contributed by atoms with Crippen LogP contribution in [0.2, 0.25) is 0 Å². The molecule has 0 N–H and O–H groups in total. The van der Waals surface area contributed by atoms with Crippen molar-refractivity contribution < 1.29 is 18.7 Å². The summed E-state index contributed by atoms with van der Waals surface area (Å²) in [6, 6.07) is 4.30. The van der Waals surface area contributed by atoms with Gasteiger partial charge in [0.15, 0.2) is 0 Å². The van der Waals surface area contributed by atoms with Crippen LogP contribution in [0.5, 0.6) is 5.75 Å². The Labute approximate surface area is 175 Å². The van der Waals surface area contributed by atoms with Gasteiger partial charge in [0.25, 0.3) is 0 Å². The van der Waals surface area contributed by atoms with E-state index in [0.717, 1.165) is 28.0 Å². The van der Waals surface area contributed by atoms with E-state index >= 15 is 0 Å². The summed E-state index contributed by atoms with van der Waals surface area (Å²) < 4.78 is 23.6. The molecule has 0 spiro atoms. The number of alkyl halides is 1. The molecule has 0 saturated carbocycles. The van der Waals surface area contributed by atoms with Crippen LogP contribution >= 0.6 is 0 Å². The van der Waals surface area contributed by atoms with Crippen molar-refractivity contribution in [1.82, 2.24) is 0 Å². The van der Waals surface area contributed by atoms with Crippen LogP contribution in [0.25, 0.3) is 5.57 Å². The van der Waals surface area contributed by atoms with Crippen molar-refractivity contribution in [2.75, 3.05) is 19.9 Å². The Bertz CT molecular complexity index is 771. The van der Waals surface area contributed by atoms with E-state index < -0.39 is 6.67 Å². The lowest BCUT2D eigenvalue weighted by molar-refractivity contribution is -0.137. The van der Waals surface area contributed by atoms with Crippen molar-refractivity contribution in [3.8, 4) is 5.75 Å². The third-order valence-electron chi connectivity index (χ3n) is 4.51. The number of hydrogen-bond acceptors (Lipinski definition) is 3. The summed E-state index contributed by atoms with van der Waals surface area (Å²) in [5.74, 6) is 1.05. The molecule has 1 aromatic carbocycles. The Morgan fingerprint density at radius 2 is 1.83 bits per heavy atom. The molecule has 0 fully saturated rings. The van der Waals surface area contributed by atoms with Gasteiger partial charge in [-0.25, -0.2) is 9.18 Å². The SMILES string of the molecule is CCOC(=O)/C=C(C)/C=C/C=C(/C)c1cc(C(C)C)cc(C(C)C)c1OCCF. The normalized spacial score (nSPS) is 12.9. The topological polar surface area (TPSA) is 35.5 Å². The average Bonchev–Trinajstić information content (AvgIpc) is 2.65. The van der Waals surface area contributed by atoms with Gasteiger partial charge < -0.3 is 9.47 Å². The second-order valence-corrected chi connectivity index (χ2v) is 7.68. The standard InChI is InChI=1S/C25H35FO3/c1-8-28-24(27)14-19(6)10-9-11-20(7)23-16-21(17(2)3)15-22(18(4)5)25(23)29-13-12-26/h9-11,14-18H,8,12-13H2,1-7H3/b10-9+,19-14+,20-11-. The van der Waals surface area contributed by atoms with Crippen LogP contribution in [-0.4, -0.2) is 25.9 Å². The predicted octanol–water partition coefficient (Wildman–Crippen LogP) is 6.75. The first-order valence-electron chi connectivity index (χ1n) is 10.3. The van der Waals surface area contributed by atoms with Gasteiger partial charge in [-0.2, -0.15) is 0 Å².